The van der Waals surface area contributed by atoms with Crippen LogP contribution in [0.1, 0.15) is 40.0 Å². The van der Waals surface area contributed by atoms with Crippen molar-refractivity contribution < 1.29 is 0 Å². The largest absolute Gasteiger partial charge is 0.370 e. The standard InChI is InChI=1S/C16H29N5S.HI/c1-4-16(5-2,6-3)13-19-14(17)20-8-10-21(11-9-20)15-18-7-12-22-15;/h7,12H,4-6,8-11,13H2,1-3H3,(H2,17,19);1H. The molecule has 2 N–H and O–H groups in total. The van der Waals surface area contributed by atoms with Crippen molar-refractivity contribution in [2.45, 2.75) is 40.0 Å². The van der Waals surface area contributed by atoms with Gasteiger partial charge in [-0.05, 0) is 24.7 Å². The first-order valence-corrected chi connectivity index (χ1v) is 9.21. The number of hydrogen-bond donors (Lipinski definition) is 1. The predicted molar refractivity (Wildman–Crippen MR) is 111 cm³/mol. The molecule has 0 spiro atoms. The van der Waals surface area contributed by atoms with E-state index in [2.05, 4.69) is 35.6 Å². The molecule has 5 nitrogen and oxygen atoms in total. The van der Waals surface area contributed by atoms with E-state index in [0.29, 0.717) is 11.4 Å². The first kappa shape index (κ1) is 20.5. The van der Waals surface area contributed by atoms with E-state index in [1.54, 1.807) is 11.3 Å². The topological polar surface area (TPSA) is 57.8 Å². The molecular weight excluding hydrogens is 421 g/mol. The summed E-state index contributed by atoms with van der Waals surface area (Å²) < 4.78 is 0. The highest BCUT2D eigenvalue weighted by Gasteiger charge is 2.25. The van der Waals surface area contributed by atoms with Gasteiger partial charge in [-0.1, -0.05) is 20.8 Å². The molecule has 0 bridgehead atoms. The molecule has 1 fully saturated rings. The number of guanidine groups is 1. The summed E-state index contributed by atoms with van der Waals surface area (Å²) in [6, 6.07) is 0. The first-order chi connectivity index (χ1) is 10.6. The Morgan fingerprint density at radius 2 is 1.83 bits per heavy atom. The Hall–Kier alpha value is -0.570. The molecule has 7 heteroatoms. The molecule has 0 unspecified atom stereocenters. The fourth-order valence-corrected chi connectivity index (χ4v) is 3.63. The van der Waals surface area contributed by atoms with E-state index in [-0.39, 0.29) is 24.0 Å². The summed E-state index contributed by atoms with van der Waals surface area (Å²) >= 11 is 1.70. The van der Waals surface area contributed by atoms with Gasteiger partial charge in [0.05, 0.1) is 0 Å². The Morgan fingerprint density at radius 3 is 2.30 bits per heavy atom. The van der Waals surface area contributed by atoms with E-state index >= 15 is 0 Å². The minimum absolute atomic E-state index is 0. The SMILES string of the molecule is CCC(CC)(CC)CN=C(N)N1CCN(c2nccs2)CC1.I. The van der Waals surface area contributed by atoms with E-state index in [9.17, 15) is 0 Å². The second-order valence-corrected chi connectivity index (χ2v) is 6.90. The Labute approximate surface area is 161 Å². The maximum Gasteiger partial charge on any atom is 0.191 e. The molecule has 1 aromatic heterocycles. The number of nitrogens with zero attached hydrogens (tertiary/aromatic N) is 4. The van der Waals surface area contributed by atoms with E-state index < -0.39 is 0 Å². The van der Waals surface area contributed by atoms with Gasteiger partial charge in [0.1, 0.15) is 0 Å². The average Bonchev–Trinajstić information content (AvgIpc) is 3.11. The second-order valence-electron chi connectivity index (χ2n) is 6.02. The number of aliphatic imine (C=N–C) groups is 1. The van der Waals surface area contributed by atoms with Crippen LogP contribution in [0.15, 0.2) is 16.6 Å². The normalized spacial score (nSPS) is 16.4. The van der Waals surface area contributed by atoms with Gasteiger partial charge in [0.2, 0.25) is 0 Å². The maximum absolute atomic E-state index is 6.23. The zero-order valence-corrected chi connectivity index (χ0v) is 17.6. The third kappa shape index (κ3) is 5.20. The molecule has 1 saturated heterocycles. The van der Waals surface area contributed by atoms with Crippen molar-refractivity contribution in [3.63, 3.8) is 0 Å². The van der Waals surface area contributed by atoms with Crippen LogP contribution >= 0.6 is 35.3 Å². The van der Waals surface area contributed by atoms with Gasteiger partial charge in [0.15, 0.2) is 11.1 Å². The van der Waals surface area contributed by atoms with Gasteiger partial charge in [0, 0.05) is 44.3 Å². The van der Waals surface area contributed by atoms with E-state index in [1.165, 1.54) is 0 Å². The van der Waals surface area contributed by atoms with Crippen LogP contribution in [0.25, 0.3) is 0 Å². The number of hydrogen-bond acceptors (Lipinski definition) is 4. The lowest BCUT2D eigenvalue weighted by atomic mass is 9.80. The van der Waals surface area contributed by atoms with Crippen LogP contribution in [0.4, 0.5) is 5.13 Å². The van der Waals surface area contributed by atoms with Crippen molar-refractivity contribution in [1.29, 1.82) is 0 Å². The summed E-state index contributed by atoms with van der Waals surface area (Å²) in [4.78, 5) is 13.6. The molecule has 0 atom stereocenters. The number of nitrogens with two attached hydrogens (primary N) is 1. The van der Waals surface area contributed by atoms with E-state index in [4.69, 9.17) is 10.7 Å². The number of anilines is 1. The lowest BCUT2D eigenvalue weighted by Gasteiger charge is -2.35. The van der Waals surface area contributed by atoms with Crippen LogP contribution in [0, 0.1) is 5.41 Å². The van der Waals surface area contributed by atoms with Gasteiger partial charge in [-0.2, -0.15) is 0 Å². The maximum atomic E-state index is 6.23. The molecular formula is C16H30IN5S. The first-order valence-electron chi connectivity index (χ1n) is 8.33. The number of rotatable bonds is 6. The van der Waals surface area contributed by atoms with E-state index in [1.807, 2.05) is 11.6 Å². The fourth-order valence-electron chi connectivity index (χ4n) is 2.93. The van der Waals surface area contributed by atoms with Crippen molar-refractivity contribution in [1.82, 2.24) is 9.88 Å². The summed E-state index contributed by atoms with van der Waals surface area (Å²) in [7, 11) is 0. The third-order valence-corrected chi connectivity index (χ3v) is 5.95. The average molecular weight is 451 g/mol. The van der Waals surface area contributed by atoms with Crippen molar-refractivity contribution in [2.24, 2.45) is 16.1 Å². The number of halogens is 1. The summed E-state index contributed by atoms with van der Waals surface area (Å²) in [6.45, 7) is 11.4. The van der Waals surface area contributed by atoms with Crippen LogP contribution in [0.5, 0.6) is 0 Å². The quantitative estimate of drug-likeness (QED) is 0.409. The summed E-state index contributed by atoms with van der Waals surface area (Å²) in [5, 5.41) is 3.13. The van der Waals surface area contributed by atoms with Crippen LogP contribution in [-0.4, -0.2) is 48.6 Å². The third-order valence-electron chi connectivity index (χ3n) is 5.12. The molecule has 0 radical (unpaired) electrons. The van der Waals surface area contributed by atoms with Gasteiger partial charge in [-0.15, -0.1) is 35.3 Å². The fraction of sp³-hybridized carbons (Fsp3) is 0.750. The zero-order valence-electron chi connectivity index (χ0n) is 14.5. The molecule has 0 aromatic carbocycles. The molecule has 2 rings (SSSR count). The zero-order chi connectivity index (χ0) is 16.0. The molecule has 0 saturated carbocycles. The second kappa shape index (κ2) is 9.66. The summed E-state index contributed by atoms with van der Waals surface area (Å²) in [5.41, 5.74) is 6.54. The highest BCUT2D eigenvalue weighted by molar-refractivity contribution is 14.0. The van der Waals surface area contributed by atoms with Crippen molar-refractivity contribution in [2.75, 3.05) is 37.6 Å². The molecule has 1 aromatic rings. The smallest absolute Gasteiger partial charge is 0.191 e. The van der Waals surface area contributed by atoms with Crippen LogP contribution in [-0.2, 0) is 0 Å². The Kier molecular flexibility index (Phi) is 8.60. The van der Waals surface area contributed by atoms with Gasteiger partial charge in [0.25, 0.3) is 0 Å². The van der Waals surface area contributed by atoms with Gasteiger partial charge in [-0.3, -0.25) is 4.99 Å². The Bertz CT molecular complexity index is 457. The molecule has 0 amide bonds. The van der Waals surface area contributed by atoms with Crippen molar-refractivity contribution in [3.8, 4) is 0 Å². The summed E-state index contributed by atoms with van der Waals surface area (Å²) in [5.74, 6) is 0.707. The lowest BCUT2D eigenvalue weighted by molar-refractivity contribution is 0.261. The lowest BCUT2D eigenvalue weighted by Crippen LogP contribution is -2.51. The van der Waals surface area contributed by atoms with Gasteiger partial charge >= 0.3 is 0 Å². The van der Waals surface area contributed by atoms with Crippen LogP contribution in [0.3, 0.4) is 0 Å². The van der Waals surface area contributed by atoms with Gasteiger partial charge < -0.3 is 15.5 Å². The highest BCUT2D eigenvalue weighted by atomic mass is 127. The molecule has 1 aliphatic heterocycles. The molecule has 132 valence electrons. The van der Waals surface area contributed by atoms with Crippen molar-refractivity contribution in [3.05, 3.63) is 11.6 Å². The Morgan fingerprint density at radius 1 is 1.22 bits per heavy atom. The molecule has 23 heavy (non-hydrogen) atoms. The monoisotopic (exact) mass is 451 g/mol. The van der Waals surface area contributed by atoms with E-state index in [0.717, 1.165) is 57.1 Å². The minimum atomic E-state index is 0. The van der Waals surface area contributed by atoms with Crippen molar-refractivity contribution >= 4 is 46.4 Å². The van der Waals surface area contributed by atoms with Crippen LogP contribution in [0.2, 0.25) is 0 Å². The number of piperazine rings is 1. The molecule has 0 aliphatic carbocycles. The van der Waals surface area contributed by atoms with Crippen LogP contribution < -0.4 is 10.6 Å². The highest BCUT2D eigenvalue weighted by Crippen LogP contribution is 2.30. The predicted octanol–water partition coefficient (Wildman–Crippen LogP) is 3.41. The van der Waals surface area contributed by atoms with Gasteiger partial charge in [-0.25, -0.2) is 4.98 Å². The molecule has 2 heterocycles. The molecule has 1 aliphatic rings. The Balaban J connectivity index is 0.00000264. The number of aromatic nitrogens is 1. The minimum Gasteiger partial charge on any atom is -0.370 e. The summed E-state index contributed by atoms with van der Waals surface area (Å²) in [6.07, 6.45) is 5.35. The number of thiazole rings is 1.